The maximum atomic E-state index is 12.1. The molecular formula is C33H52N6O9S5. The molecule has 2 heterocycles. The molecule has 2 atom stereocenters. The summed E-state index contributed by atoms with van der Waals surface area (Å²) in [6, 6.07) is 10.4. The Balaban J connectivity index is 0.00000120. The van der Waals surface area contributed by atoms with Crippen molar-refractivity contribution in [2.45, 2.75) is 94.3 Å². The van der Waals surface area contributed by atoms with E-state index in [1.54, 1.807) is 55.6 Å². The summed E-state index contributed by atoms with van der Waals surface area (Å²) >= 11 is 0. The van der Waals surface area contributed by atoms with Gasteiger partial charge in [-0.25, -0.2) is 9.97 Å². The van der Waals surface area contributed by atoms with E-state index in [0.717, 1.165) is 53.7 Å². The van der Waals surface area contributed by atoms with Crippen molar-refractivity contribution in [3.8, 4) is 0 Å². The molecule has 0 saturated carbocycles. The molecule has 0 spiro atoms. The average Bonchev–Trinajstić information content (AvgIpc) is 3.12. The van der Waals surface area contributed by atoms with Gasteiger partial charge in [0.2, 0.25) is 24.1 Å². The van der Waals surface area contributed by atoms with Gasteiger partial charge in [0.1, 0.15) is 21.8 Å². The van der Waals surface area contributed by atoms with Gasteiger partial charge in [-0.1, -0.05) is 47.6 Å². The minimum Gasteiger partial charge on any atom is -0.481 e. The number of nitrogens with zero attached hydrogens (tertiary/aromatic N) is 2. The highest BCUT2D eigenvalue weighted by molar-refractivity contribution is 8.77. The van der Waals surface area contributed by atoms with Crippen molar-refractivity contribution in [2.24, 2.45) is 0 Å². The maximum absolute atomic E-state index is 12.1. The number of carbonyl (C=O) groups excluding carboxylic acids is 4. The zero-order chi connectivity index (χ0) is 39.7. The first-order valence-electron chi connectivity index (χ1n) is 17.0. The summed E-state index contributed by atoms with van der Waals surface area (Å²) in [4.78, 5) is 64.1. The van der Waals surface area contributed by atoms with Crippen LogP contribution in [0.15, 0.2) is 58.8 Å². The molecule has 53 heavy (non-hydrogen) atoms. The van der Waals surface area contributed by atoms with Gasteiger partial charge < -0.3 is 26.4 Å². The lowest BCUT2D eigenvalue weighted by Gasteiger charge is -2.14. The van der Waals surface area contributed by atoms with E-state index in [-0.39, 0.29) is 37.2 Å². The van der Waals surface area contributed by atoms with Gasteiger partial charge in [0.25, 0.3) is 10.1 Å². The predicted molar refractivity (Wildman–Crippen MR) is 214 cm³/mol. The molecule has 0 bridgehead atoms. The Morgan fingerprint density at radius 3 is 1.87 bits per heavy atom. The van der Waals surface area contributed by atoms with E-state index in [1.807, 2.05) is 62.5 Å². The standard InChI is InChI=1S/C24H34N4O2S4.C7H12N2O7S.C2H6/c1-20(28-22(30)12-9-19-32-34-24-14-4-7-17-27-24)10-2-5-15-25-21(29)11-8-18-31-33-23-13-3-6-16-26-23;10-4-9-5(3-17(14,15)16)7(13)8-2-1-6(11)12;1-2/h3-4,6-7,13-14,16-17,20H,2,5,8-12,15,18-19H2,1H3,(H,25,29)(H,28,30);4-5H,1-3H2,(H,8,13)(H,9,10)(H,11,12)(H,14,15,16);1-2H3. The third kappa shape index (κ3) is 31.1. The molecular weight excluding hydrogens is 785 g/mol. The fourth-order valence-electron chi connectivity index (χ4n) is 3.80. The lowest BCUT2D eigenvalue weighted by atomic mass is 10.1. The molecule has 4 amide bonds. The SMILES string of the molecule is CC.CC(CCCCNC(=O)CCCSSc1ccccn1)NC(=O)CCCSSc1ccccn1.O=CNC(CS(=O)(=O)O)C(=O)NCCC(=O)O. The Hall–Kier alpha value is -3.04. The van der Waals surface area contributed by atoms with Crippen molar-refractivity contribution >= 4 is 83.4 Å². The highest BCUT2D eigenvalue weighted by Crippen LogP contribution is 2.30. The number of nitrogens with one attached hydrogen (secondary N) is 4. The summed E-state index contributed by atoms with van der Waals surface area (Å²) in [6.07, 6.45) is 9.00. The van der Waals surface area contributed by atoms with Crippen LogP contribution in [0.1, 0.15) is 72.1 Å². The van der Waals surface area contributed by atoms with E-state index in [2.05, 4.69) is 25.9 Å². The number of aromatic nitrogens is 2. The van der Waals surface area contributed by atoms with Crippen LogP contribution in [0, 0.1) is 0 Å². The Kier molecular flexibility index (Phi) is 30.5. The molecule has 15 nitrogen and oxygen atoms in total. The van der Waals surface area contributed by atoms with E-state index in [9.17, 15) is 32.4 Å². The van der Waals surface area contributed by atoms with E-state index in [4.69, 9.17) is 9.66 Å². The first-order valence-corrected chi connectivity index (χ1v) is 23.3. The van der Waals surface area contributed by atoms with Gasteiger partial charge in [-0.05, 0) is 84.9 Å². The number of carbonyl (C=O) groups is 5. The molecule has 6 N–H and O–H groups in total. The number of unbranched alkanes of at least 4 members (excludes halogenated alkanes) is 1. The largest absolute Gasteiger partial charge is 0.481 e. The molecule has 20 heteroatoms. The van der Waals surface area contributed by atoms with E-state index >= 15 is 0 Å². The lowest BCUT2D eigenvalue weighted by Crippen LogP contribution is -2.48. The van der Waals surface area contributed by atoms with Gasteiger partial charge >= 0.3 is 5.97 Å². The van der Waals surface area contributed by atoms with Gasteiger partial charge in [-0.3, -0.25) is 28.5 Å². The van der Waals surface area contributed by atoms with E-state index in [1.165, 1.54) is 0 Å². The summed E-state index contributed by atoms with van der Waals surface area (Å²) in [5.41, 5.74) is 0. The second-order valence-electron chi connectivity index (χ2n) is 10.7. The molecule has 0 aromatic carbocycles. The molecule has 298 valence electrons. The van der Waals surface area contributed by atoms with Crippen molar-refractivity contribution < 1.29 is 42.0 Å². The third-order valence-electron chi connectivity index (χ3n) is 6.22. The predicted octanol–water partition coefficient (Wildman–Crippen LogP) is 4.61. The van der Waals surface area contributed by atoms with Crippen LogP contribution in [-0.2, 0) is 34.1 Å². The van der Waals surface area contributed by atoms with Crippen LogP contribution in [0.5, 0.6) is 0 Å². The first kappa shape index (κ1) is 50.0. The van der Waals surface area contributed by atoms with Gasteiger partial charge in [0.05, 0.1) is 6.42 Å². The highest BCUT2D eigenvalue weighted by Gasteiger charge is 2.23. The summed E-state index contributed by atoms with van der Waals surface area (Å²) in [5.74, 6) is -0.939. The quantitative estimate of drug-likeness (QED) is 0.0329. The van der Waals surface area contributed by atoms with Crippen LogP contribution in [0.4, 0.5) is 0 Å². The van der Waals surface area contributed by atoms with E-state index in [0.29, 0.717) is 19.4 Å². The number of pyridine rings is 2. The molecule has 0 aliphatic heterocycles. The summed E-state index contributed by atoms with van der Waals surface area (Å²) in [7, 11) is 2.33. The van der Waals surface area contributed by atoms with Crippen LogP contribution < -0.4 is 21.3 Å². The van der Waals surface area contributed by atoms with Gasteiger partial charge in [-0.15, -0.1) is 0 Å². The van der Waals surface area contributed by atoms with Gasteiger partial charge in [0.15, 0.2) is 0 Å². The van der Waals surface area contributed by atoms with Crippen molar-refractivity contribution in [3.05, 3.63) is 48.8 Å². The third-order valence-corrected chi connectivity index (χ3v) is 11.7. The molecule has 0 fully saturated rings. The fourth-order valence-corrected chi connectivity index (χ4v) is 8.40. The molecule has 2 aromatic rings. The van der Waals surface area contributed by atoms with Crippen LogP contribution in [0.2, 0.25) is 0 Å². The molecule has 2 aromatic heterocycles. The number of amides is 4. The summed E-state index contributed by atoms with van der Waals surface area (Å²) in [5, 5.41) is 20.4. The van der Waals surface area contributed by atoms with Crippen molar-refractivity contribution in [1.82, 2.24) is 31.2 Å². The number of rotatable bonds is 26. The monoisotopic (exact) mass is 836 g/mol. The maximum Gasteiger partial charge on any atom is 0.305 e. The number of hydrogen-bond acceptors (Lipinski definition) is 13. The lowest BCUT2D eigenvalue weighted by molar-refractivity contribution is -0.137. The minimum atomic E-state index is -4.43. The van der Waals surface area contributed by atoms with Crippen molar-refractivity contribution in [2.75, 3.05) is 30.3 Å². The molecule has 0 aliphatic rings. The van der Waals surface area contributed by atoms with Crippen LogP contribution in [0.3, 0.4) is 0 Å². The highest BCUT2D eigenvalue weighted by atomic mass is 33.1. The molecule has 2 unspecified atom stereocenters. The minimum absolute atomic E-state index is 0.104. The molecule has 0 saturated heterocycles. The van der Waals surface area contributed by atoms with E-state index < -0.39 is 33.8 Å². The Labute approximate surface area is 328 Å². The molecule has 0 radical (unpaired) electrons. The van der Waals surface area contributed by atoms with Crippen molar-refractivity contribution in [3.63, 3.8) is 0 Å². The smallest absolute Gasteiger partial charge is 0.305 e. The van der Waals surface area contributed by atoms with Crippen LogP contribution in [0.25, 0.3) is 0 Å². The second kappa shape index (κ2) is 32.4. The molecule has 2 rings (SSSR count). The Morgan fingerprint density at radius 1 is 0.811 bits per heavy atom. The summed E-state index contributed by atoms with van der Waals surface area (Å²) in [6.45, 7) is 6.53. The topological polar surface area (TPSA) is 234 Å². The zero-order valence-electron chi connectivity index (χ0n) is 30.2. The zero-order valence-corrected chi connectivity index (χ0v) is 34.3. The molecule has 0 aliphatic carbocycles. The second-order valence-corrected chi connectivity index (χ2v) is 17.1. The summed E-state index contributed by atoms with van der Waals surface area (Å²) < 4.78 is 29.6. The van der Waals surface area contributed by atoms with Crippen LogP contribution >= 0.6 is 43.2 Å². The fraction of sp³-hybridized carbons (Fsp3) is 0.545. The number of carboxylic acid groups (broad SMARTS) is 1. The normalized spacial score (nSPS) is 11.6. The number of carboxylic acids is 1. The Morgan fingerprint density at radius 2 is 1.38 bits per heavy atom. The van der Waals surface area contributed by atoms with Crippen LogP contribution in [-0.4, -0.2) is 101 Å². The first-order chi connectivity index (χ1) is 25.4. The van der Waals surface area contributed by atoms with Crippen molar-refractivity contribution in [1.29, 1.82) is 0 Å². The average molecular weight is 837 g/mol. The van der Waals surface area contributed by atoms with Gasteiger partial charge in [0, 0.05) is 55.9 Å². The van der Waals surface area contributed by atoms with Gasteiger partial charge in [-0.2, -0.15) is 8.42 Å². The number of aliphatic carboxylic acids is 1. The Bertz CT molecular complexity index is 1410. The number of hydrogen-bond donors (Lipinski definition) is 6.